The number of rotatable bonds is 4. The molecule has 0 amide bonds. The molecule has 5 aromatic rings. The Balaban J connectivity index is 1.50. The number of para-hydroxylation sites is 2. The van der Waals surface area contributed by atoms with Gasteiger partial charge >= 0.3 is 5.69 Å². The first kappa shape index (κ1) is 24.2. The summed E-state index contributed by atoms with van der Waals surface area (Å²) in [5.41, 5.74) is 5.79. The fraction of sp³-hybridized carbons (Fsp3) is 0.281. The lowest BCUT2D eigenvalue weighted by Gasteiger charge is -2.39. The Hall–Kier alpha value is -4.63. The van der Waals surface area contributed by atoms with Gasteiger partial charge in [-0.15, -0.1) is 0 Å². The number of fused-ring (bicyclic) bond motifs is 8. The third-order valence-electron chi connectivity index (χ3n) is 9.32. The fourth-order valence-electron chi connectivity index (χ4n) is 7.88. The van der Waals surface area contributed by atoms with Gasteiger partial charge in [-0.05, 0) is 61.7 Å². The maximum Gasteiger partial charge on any atom is 0.334 e. The summed E-state index contributed by atoms with van der Waals surface area (Å²) in [7, 11) is 1.65. The van der Waals surface area contributed by atoms with Gasteiger partial charge in [0.1, 0.15) is 11.3 Å². The van der Waals surface area contributed by atoms with E-state index in [1.165, 1.54) is 0 Å². The number of hydrogen-bond donors (Lipinski definition) is 0. The van der Waals surface area contributed by atoms with Gasteiger partial charge in [0.25, 0.3) is 0 Å². The van der Waals surface area contributed by atoms with Crippen LogP contribution in [-0.4, -0.2) is 44.6 Å². The van der Waals surface area contributed by atoms with E-state index in [4.69, 9.17) is 19.2 Å². The molecule has 9 heteroatoms. The van der Waals surface area contributed by atoms with Gasteiger partial charge in [0.05, 0.1) is 40.4 Å². The minimum atomic E-state index is -0.828. The molecule has 1 aliphatic carbocycles. The van der Waals surface area contributed by atoms with Gasteiger partial charge in [-0.3, -0.25) is 15.0 Å². The zero-order valence-corrected chi connectivity index (χ0v) is 22.7. The topological polar surface area (TPSA) is 107 Å². The highest BCUT2D eigenvalue weighted by atomic mass is 16.6. The summed E-state index contributed by atoms with van der Waals surface area (Å²) >= 11 is 0. The molecule has 4 heterocycles. The van der Waals surface area contributed by atoms with Crippen LogP contribution in [-0.2, 0) is 5.54 Å². The highest BCUT2D eigenvalue weighted by Gasteiger charge is 2.68. The molecule has 1 spiro atoms. The number of nitrogens with zero attached hydrogens (tertiary/aromatic N) is 5. The standard InChI is InChI=1S/C32H27N5O4/c1-18-29(37(38)39)30(41-35-18)27-26(19-13-15-20(40-2)16-14-19)25-12-7-17-36(25)32(27)22-9-4-3-8-21(22)28-31(32)34-24-11-6-5-10-23(24)33-28/h3-6,8-11,13-16,25-27H,7,12,17H2,1-2H3/t25-,26-,27-,32+/m0/s1. The van der Waals surface area contributed by atoms with Gasteiger partial charge in [0.15, 0.2) is 5.69 Å². The summed E-state index contributed by atoms with van der Waals surface area (Å²) in [6.07, 6.45) is 1.97. The zero-order valence-electron chi connectivity index (χ0n) is 22.7. The Morgan fingerprint density at radius 1 is 1.02 bits per heavy atom. The van der Waals surface area contributed by atoms with Crippen molar-refractivity contribution in [2.24, 2.45) is 0 Å². The number of nitro groups is 1. The molecule has 0 radical (unpaired) electrons. The van der Waals surface area contributed by atoms with Crippen LogP contribution in [0.3, 0.4) is 0 Å². The lowest BCUT2D eigenvalue weighted by atomic mass is 9.70. The van der Waals surface area contributed by atoms with Gasteiger partial charge in [-0.2, -0.15) is 0 Å². The monoisotopic (exact) mass is 545 g/mol. The van der Waals surface area contributed by atoms with Crippen LogP contribution in [0.5, 0.6) is 5.75 Å². The Kier molecular flexibility index (Phi) is 5.12. The summed E-state index contributed by atoms with van der Waals surface area (Å²) in [6, 6.07) is 24.4. The van der Waals surface area contributed by atoms with E-state index < -0.39 is 11.5 Å². The maximum atomic E-state index is 12.6. The van der Waals surface area contributed by atoms with Crippen molar-refractivity contribution in [1.82, 2.24) is 20.0 Å². The number of methoxy groups -OCH3 is 1. The summed E-state index contributed by atoms with van der Waals surface area (Å²) in [4.78, 5) is 25.2. The Labute approximate surface area is 235 Å². The summed E-state index contributed by atoms with van der Waals surface area (Å²) in [6.45, 7) is 2.47. The maximum absolute atomic E-state index is 12.6. The number of hydrogen-bond acceptors (Lipinski definition) is 8. The highest BCUT2D eigenvalue weighted by molar-refractivity contribution is 5.85. The lowest BCUT2D eigenvalue weighted by Crippen LogP contribution is -2.45. The Morgan fingerprint density at radius 3 is 2.51 bits per heavy atom. The first-order valence-corrected chi connectivity index (χ1v) is 13.9. The minimum absolute atomic E-state index is 0.0614. The molecule has 8 rings (SSSR count). The molecular weight excluding hydrogens is 518 g/mol. The largest absolute Gasteiger partial charge is 0.497 e. The molecule has 2 saturated heterocycles. The quantitative estimate of drug-likeness (QED) is 0.197. The molecule has 0 N–H and O–H groups in total. The van der Waals surface area contributed by atoms with Crippen LogP contribution >= 0.6 is 0 Å². The summed E-state index contributed by atoms with van der Waals surface area (Å²) in [5.74, 6) is 0.458. The van der Waals surface area contributed by atoms with Crippen molar-refractivity contribution in [2.45, 2.75) is 43.2 Å². The van der Waals surface area contributed by atoms with Gasteiger partial charge in [0, 0.05) is 17.5 Å². The van der Waals surface area contributed by atoms with Crippen LogP contribution < -0.4 is 4.74 Å². The second kappa shape index (κ2) is 8.68. The van der Waals surface area contributed by atoms with Crippen LogP contribution in [0.15, 0.2) is 77.3 Å². The van der Waals surface area contributed by atoms with E-state index in [1.54, 1.807) is 14.0 Å². The first-order chi connectivity index (χ1) is 20.0. The third-order valence-corrected chi connectivity index (χ3v) is 9.32. The smallest absolute Gasteiger partial charge is 0.334 e. The van der Waals surface area contributed by atoms with E-state index in [2.05, 4.69) is 34.3 Å². The van der Waals surface area contributed by atoms with Gasteiger partial charge < -0.3 is 9.26 Å². The Morgan fingerprint density at radius 2 is 1.76 bits per heavy atom. The van der Waals surface area contributed by atoms with E-state index in [-0.39, 0.29) is 28.3 Å². The molecule has 0 unspecified atom stereocenters. The zero-order chi connectivity index (χ0) is 27.9. The predicted octanol–water partition coefficient (Wildman–Crippen LogP) is 6.11. The molecule has 9 nitrogen and oxygen atoms in total. The normalized spacial score (nSPS) is 24.5. The summed E-state index contributed by atoms with van der Waals surface area (Å²) in [5, 5.41) is 16.7. The average Bonchev–Trinajstić information content (AvgIpc) is 3.74. The molecule has 2 aromatic heterocycles. The van der Waals surface area contributed by atoms with Gasteiger partial charge in [-0.1, -0.05) is 53.7 Å². The van der Waals surface area contributed by atoms with E-state index in [1.807, 2.05) is 48.5 Å². The van der Waals surface area contributed by atoms with Gasteiger partial charge in [-0.25, -0.2) is 9.97 Å². The van der Waals surface area contributed by atoms with Crippen LogP contribution in [0.1, 0.15) is 53.0 Å². The number of aryl methyl sites for hydroxylation is 1. The number of benzene rings is 3. The second-order valence-electron chi connectivity index (χ2n) is 11.1. The van der Waals surface area contributed by atoms with Crippen LogP contribution in [0.2, 0.25) is 0 Å². The van der Waals surface area contributed by atoms with Crippen LogP contribution in [0.25, 0.3) is 22.3 Å². The molecule has 2 aliphatic heterocycles. The van der Waals surface area contributed by atoms with E-state index >= 15 is 0 Å². The van der Waals surface area contributed by atoms with Crippen LogP contribution in [0.4, 0.5) is 5.69 Å². The lowest BCUT2D eigenvalue weighted by molar-refractivity contribution is -0.386. The van der Waals surface area contributed by atoms with Crippen LogP contribution in [0, 0.1) is 17.0 Å². The molecule has 204 valence electrons. The van der Waals surface area contributed by atoms with E-state index in [9.17, 15) is 10.1 Å². The van der Waals surface area contributed by atoms with Gasteiger partial charge in [0.2, 0.25) is 5.76 Å². The number of ether oxygens (including phenoxy) is 1. The van der Waals surface area contributed by atoms with Crippen molar-refractivity contribution >= 4 is 16.7 Å². The molecule has 2 fully saturated rings. The number of aromatic nitrogens is 3. The fourth-order valence-corrected chi connectivity index (χ4v) is 7.88. The molecule has 0 bridgehead atoms. The average molecular weight is 546 g/mol. The SMILES string of the molecule is COc1ccc([C@@H]2[C@@H](c3onc(C)c3[N+](=O)[O-])[C@@]3(c4ccccc4-c4nc5ccccc5nc43)N3CCC[C@@H]23)cc1. The molecule has 3 aromatic carbocycles. The van der Waals surface area contributed by atoms with Crippen molar-refractivity contribution < 1.29 is 14.2 Å². The molecule has 0 saturated carbocycles. The Bertz CT molecular complexity index is 1850. The van der Waals surface area contributed by atoms with E-state index in [0.29, 0.717) is 5.76 Å². The minimum Gasteiger partial charge on any atom is -0.497 e. The van der Waals surface area contributed by atoms with Crippen molar-refractivity contribution in [1.29, 1.82) is 0 Å². The second-order valence-corrected chi connectivity index (χ2v) is 11.1. The third kappa shape index (κ3) is 3.12. The molecule has 41 heavy (non-hydrogen) atoms. The van der Waals surface area contributed by atoms with Crippen molar-refractivity contribution in [2.75, 3.05) is 13.7 Å². The molecular formula is C32H27N5O4. The van der Waals surface area contributed by atoms with Crippen molar-refractivity contribution in [3.8, 4) is 17.0 Å². The molecule has 4 atom stereocenters. The first-order valence-electron chi connectivity index (χ1n) is 13.9. The predicted molar refractivity (Wildman–Crippen MR) is 152 cm³/mol. The molecule has 3 aliphatic rings. The highest BCUT2D eigenvalue weighted by Crippen LogP contribution is 2.68. The van der Waals surface area contributed by atoms with Crippen molar-refractivity contribution in [3.63, 3.8) is 0 Å². The summed E-state index contributed by atoms with van der Waals surface area (Å²) < 4.78 is 11.5. The van der Waals surface area contributed by atoms with Crippen molar-refractivity contribution in [3.05, 3.63) is 111 Å². The van der Waals surface area contributed by atoms with E-state index in [0.717, 1.165) is 64.2 Å².